The maximum absolute atomic E-state index is 9.15. The summed E-state index contributed by atoms with van der Waals surface area (Å²) in [6.07, 6.45) is 3.24. The highest BCUT2D eigenvalue weighted by molar-refractivity contribution is 5.83. The first kappa shape index (κ1) is 15.4. The average Bonchev–Trinajstić information content (AvgIpc) is 2.45. The lowest BCUT2D eigenvalue weighted by molar-refractivity contribution is 0.474. The third kappa shape index (κ3) is 4.94. The summed E-state index contributed by atoms with van der Waals surface area (Å²) in [5.74, 6) is 0.543. The van der Waals surface area contributed by atoms with Crippen molar-refractivity contribution in [1.82, 2.24) is 0 Å². The van der Waals surface area contributed by atoms with Crippen molar-refractivity contribution >= 4 is 12.4 Å². The molecule has 0 aliphatic carbocycles. The van der Waals surface area contributed by atoms with Crippen molar-refractivity contribution in [2.75, 3.05) is 14.1 Å². The van der Waals surface area contributed by atoms with Crippen LogP contribution in [0.15, 0.2) is 58.5 Å². The number of aliphatic imine (C=N–C) groups is 2. The van der Waals surface area contributed by atoms with Gasteiger partial charge < -0.3 is 10.2 Å². The van der Waals surface area contributed by atoms with Crippen molar-refractivity contribution in [3.8, 4) is 11.5 Å². The largest absolute Gasteiger partial charge is 0.507 e. The van der Waals surface area contributed by atoms with E-state index in [9.17, 15) is 0 Å². The zero-order valence-electron chi connectivity index (χ0n) is 11.6. The van der Waals surface area contributed by atoms with Crippen molar-refractivity contribution in [3.05, 3.63) is 59.7 Å². The Morgan fingerprint density at radius 2 is 1.05 bits per heavy atom. The quantitative estimate of drug-likeness (QED) is 0.824. The average molecular weight is 270 g/mol. The van der Waals surface area contributed by atoms with Crippen LogP contribution < -0.4 is 0 Å². The first-order valence-electron chi connectivity index (χ1n) is 6.09. The number of phenolic OH excluding ortho intramolecular Hbond substituents is 2. The van der Waals surface area contributed by atoms with Gasteiger partial charge in [0.1, 0.15) is 11.5 Å². The van der Waals surface area contributed by atoms with E-state index >= 15 is 0 Å². The van der Waals surface area contributed by atoms with Crippen molar-refractivity contribution in [3.63, 3.8) is 0 Å². The van der Waals surface area contributed by atoms with Crippen LogP contribution in [0.5, 0.6) is 11.5 Å². The molecule has 2 aromatic carbocycles. The molecule has 2 N–H and O–H groups in total. The molecule has 0 aliphatic heterocycles. The Morgan fingerprint density at radius 3 is 1.35 bits per heavy atom. The first-order chi connectivity index (χ1) is 9.69. The van der Waals surface area contributed by atoms with Crippen LogP contribution in [0.3, 0.4) is 0 Å². The lowest BCUT2D eigenvalue weighted by atomic mass is 10.2. The van der Waals surface area contributed by atoms with Gasteiger partial charge in [0.25, 0.3) is 0 Å². The van der Waals surface area contributed by atoms with Gasteiger partial charge in [-0.3, -0.25) is 9.98 Å². The Morgan fingerprint density at radius 1 is 0.700 bits per heavy atom. The summed E-state index contributed by atoms with van der Waals surface area (Å²) in [6.45, 7) is 0. The molecule has 0 radical (unpaired) electrons. The minimum absolute atomic E-state index is 0.271. The SMILES string of the molecule is CN=Cc1ccccc1O.CN=Cc1ccccc1O. The second kappa shape index (κ2) is 8.48. The summed E-state index contributed by atoms with van der Waals surface area (Å²) >= 11 is 0. The molecule has 4 heteroatoms. The van der Waals surface area contributed by atoms with Crippen LogP contribution in [0.2, 0.25) is 0 Å². The minimum Gasteiger partial charge on any atom is -0.507 e. The zero-order chi connectivity index (χ0) is 14.8. The number of rotatable bonds is 2. The fourth-order valence-corrected chi connectivity index (χ4v) is 1.47. The van der Waals surface area contributed by atoms with Crippen LogP contribution >= 0.6 is 0 Å². The van der Waals surface area contributed by atoms with E-state index in [1.165, 1.54) is 0 Å². The molecule has 2 aromatic rings. The molecule has 0 saturated carbocycles. The third-order valence-corrected chi connectivity index (χ3v) is 2.41. The van der Waals surface area contributed by atoms with Gasteiger partial charge in [-0.1, -0.05) is 24.3 Å². The summed E-state index contributed by atoms with van der Waals surface area (Å²) in [5.41, 5.74) is 1.51. The Labute approximate surface area is 118 Å². The molecular formula is C16H18N2O2. The lowest BCUT2D eigenvalue weighted by Crippen LogP contribution is -1.79. The third-order valence-electron chi connectivity index (χ3n) is 2.41. The van der Waals surface area contributed by atoms with Gasteiger partial charge in [0, 0.05) is 37.7 Å². The van der Waals surface area contributed by atoms with E-state index in [1.54, 1.807) is 50.8 Å². The second-order valence-corrected chi connectivity index (χ2v) is 3.89. The van der Waals surface area contributed by atoms with E-state index in [1.807, 2.05) is 24.3 Å². The summed E-state index contributed by atoms with van der Waals surface area (Å²) in [4.78, 5) is 7.56. The van der Waals surface area contributed by atoms with Gasteiger partial charge >= 0.3 is 0 Å². The highest BCUT2D eigenvalue weighted by Gasteiger charge is 1.92. The number of benzene rings is 2. The van der Waals surface area contributed by atoms with Gasteiger partial charge in [-0.25, -0.2) is 0 Å². The number of para-hydroxylation sites is 2. The molecule has 0 spiro atoms. The topological polar surface area (TPSA) is 65.2 Å². The van der Waals surface area contributed by atoms with Crippen LogP contribution in [0.1, 0.15) is 11.1 Å². The van der Waals surface area contributed by atoms with Crippen molar-refractivity contribution in [1.29, 1.82) is 0 Å². The first-order valence-corrected chi connectivity index (χ1v) is 6.09. The van der Waals surface area contributed by atoms with E-state index in [2.05, 4.69) is 9.98 Å². The van der Waals surface area contributed by atoms with Crippen molar-refractivity contribution in [2.45, 2.75) is 0 Å². The molecule has 0 amide bonds. The molecule has 20 heavy (non-hydrogen) atoms. The predicted octanol–water partition coefficient (Wildman–Crippen LogP) is 2.88. The lowest BCUT2D eigenvalue weighted by Gasteiger charge is -1.94. The van der Waals surface area contributed by atoms with Crippen LogP contribution in [0, 0.1) is 0 Å². The molecule has 4 nitrogen and oxygen atoms in total. The predicted molar refractivity (Wildman–Crippen MR) is 83.2 cm³/mol. The summed E-state index contributed by atoms with van der Waals surface area (Å²) in [5, 5.41) is 18.3. The van der Waals surface area contributed by atoms with Gasteiger partial charge in [-0.2, -0.15) is 0 Å². The number of nitrogens with zero attached hydrogens (tertiary/aromatic N) is 2. The van der Waals surface area contributed by atoms with Gasteiger partial charge in [0.15, 0.2) is 0 Å². The van der Waals surface area contributed by atoms with E-state index in [0.29, 0.717) is 0 Å². The summed E-state index contributed by atoms with van der Waals surface area (Å²) < 4.78 is 0. The van der Waals surface area contributed by atoms with E-state index < -0.39 is 0 Å². The molecule has 0 bridgehead atoms. The minimum atomic E-state index is 0.271. The van der Waals surface area contributed by atoms with Gasteiger partial charge in [0.05, 0.1) is 0 Å². The fraction of sp³-hybridized carbons (Fsp3) is 0.125. The highest BCUT2D eigenvalue weighted by Crippen LogP contribution is 2.12. The molecule has 0 atom stereocenters. The molecule has 0 unspecified atom stereocenters. The van der Waals surface area contributed by atoms with Crippen molar-refractivity contribution < 1.29 is 10.2 Å². The Kier molecular flexibility index (Phi) is 6.54. The Hall–Kier alpha value is -2.62. The molecular weight excluding hydrogens is 252 g/mol. The molecule has 0 aliphatic rings. The van der Waals surface area contributed by atoms with E-state index in [-0.39, 0.29) is 11.5 Å². The smallest absolute Gasteiger partial charge is 0.124 e. The van der Waals surface area contributed by atoms with Crippen molar-refractivity contribution in [2.24, 2.45) is 9.98 Å². The standard InChI is InChI=1S/2C8H9NO/c2*1-9-6-7-4-2-3-5-8(7)10/h2*2-6,10H,1H3. The van der Waals surface area contributed by atoms with Gasteiger partial charge in [-0.15, -0.1) is 0 Å². The van der Waals surface area contributed by atoms with E-state index in [4.69, 9.17) is 10.2 Å². The van der Waals surface area contributed by atoms with Gasteiger partial charge in [-0.05, 0) is 24.3 Å². The number of phenols is 2. The monoisotopic (exact) mass is 270 g/mol. The molecule has 2 rings (SSSR count). The number of aromatic hydroxyl groups is 2. The Balaban J connectivity index is 0.000000200. The number of hydrogen-bond donors (Lipinski definition) is 2. The normalized spacial score (nSPS) is 10.5. The summed E-state index contributed by atoms with van der Waals surface area (Å²) in [6, 6.07) is 14.2. The molecule has 0 fully saturated rings. The van der Waals surface area contributed by atoms with Crippen LogP contribution in [0.25, 0.3) is 0 Å². The maximum atomic E-state index is 9.15. The Bertz CT molecular complexity index is 539. The highest BCUT2D eigenvalue weighted by atomic mass is 16.3. The molecule has 0 aromatic heterocycles. The number of hydrogen-bond acceptors (Lipinski definition) is 4. The van der Waals surface area contributed by atoms with Crippen LogP contribution in [-0.4, -0.2) is 36.7 Å². The van der Waals surface area contributed by atoms with Crippen LogP contribution in [-0.2, 0) is 0 Å². The van der Waals surface area contributed by atoms with Crippen LogP contribution in [0.4, 0.5) is 0 Å². The molecule has 0 saturated heterocycles. The van der Waals surface area contributed by atoms with E-state index in [0.717, 1.165) is 11.1 Å². The second-order valence-electron chi connectivity index (χ2n) is 3.89. The summed E-state index contributed by atoms with van der Waals surface area (Å²) in [7, 11) is 3.35. The molecule has 0 heterocycles. The fourth-order valence-electron chi connectivity index (χ4n) is 1.47. The zero-order valence-corrected chi connectivity index (χ0v) is 11.6. The molecule has 104 valence electrons. The maximum Gasteiger partial charge on any atom is 0.124 e. The van der Waals surface area contributed by atoms with Gasteiger partial charge in [0.2, 0.25) is 0 Å².